The SMILES string of the molecule is CC(C)(C)OC(=O)CCOCCOCCOCCOCCNC(=O)CBr. The van der Waals surface area contributed by atoms with Crippen LogP contribution < -0.4 is 5.32 Å². The van der Waals surface area contributed by atoms with E-state index in [-0.39, 0.29) is 18.3 Å². The lowest BCUT2D eigenvalue weighted by Gasteiger charge is -2.19. The monoisotopic (exact) mass is 441 g/mol. The topological polar surface area (TPSA) is 92.3 Å². The van der Waals surface area contributed by atoms with Gasteiger partial charge in [-0.1, -0.05) is 15.9 Å². The molecule has 0 bridgehead atoms. The lowest BCUT2D eigenvalue weighted by molar-refractivity contribution is -0.156. The molecule has 0 atom stereocenters. The number of esters is 1. The highest BCUT2D eigenvalue weighted by Crippen LogP contribution is 2.07. The Hall–Kier alpha value is -0.740. The molecule has 0 heterocycles. The predicted octanol–water partition coefficient (Wildman–Crippen LogP) is 1.30. The lowest BCUT2D eigenvalue weighted by atomic mass is 10.2. The molecule has 0 aliphatic heterocycles. The quantitative estimate of drug-likeness (QED) is 0.219. The summed E-state index contributed by atoms with van der Waals surface area (Å²) in [5, 5.41) is 2.98. The van der Waals surface area contributed by atoms with E-state index in [0.29, 0.717) is 64.7 Å². The Morgan fingerprint density at radius 3 is 1.73 bits per heavy atom. The normalized spacial score (nSPS) is 11.4. The van der Waals surface area contributed by atoms with E-state index < -0.39 is 5.60 Å². The van der Waals surface area contributed by atoms with Crippen molar-refractivity contribution < 1.29 is 33.3 Å². The molecule has 154 valence electrons. The smallest absolute Gasteiger partial charge is 0.308 e. The second-order valence-corrected chi connectivity index (χ2v) is 6.83. The largest absolute Gasteiger partial charge is 0.460 e. The molecule has 9 heteroatoms. The number of rotatable bonds is 16. The predicted molar refractivity (Wildman–Crippen MR) is 101 cm³/mol. The van der Waals surface area contributed by atoms with Crippen LogP contribution in [-0.4, -0.2) is 82.2 Å². The summed E-state index contributed by atoms with van der Waals surface area (Å²) in [5.41, 5.74) is -0.464. The van der Waals surface area contributed by atoms with Crippen LogP contribution >= 0.6 is 15.9 Å². The summed E-state index contributed by atoms with van der Waals surface area (Å²) in [6.45, 7) is 9.52. The van der Waals surface area contributed by atoms with Gasteiger partial charge in [-0.2, -0.15) is 0 Å². The van der Waals surface area contributed by atoms with Gasteiger partial charge in [0.15, 0.2) is 0 Å². The molecule has 0 radical (unpaired) electrons. The molecule has 26 heavy (non-hydrogen) atoms. The van der Waals surface area contributed by atoms with Crippen molar-refractivity contribution in [3.63, 3.8) is 0 Å². The summed E-state index contributed by atoms with van der Waals surface area (Å²) >= 11 is 3.06. The fraction of sp³-hybridized carbons (Fsp3) is 0.882. The lowest BCUT2D eigenvalue weighted by Crippen LogP contribution is -2.28. The van der Waals surface area contributed by atoms with E-state index in [1.807, 2.05) is 20.8 Å². The molecule has 0 unspecified atom stereocenters. The third-order valence-electron chi connectivity index (χ3n) is 2.68. The number of halogens is 1. The van der Waals surface area contributed by atoms with Gasteiger partial charge in [0, 0.05) is 6.54 Å². The van der Waals surface area contributed by atoms with Crippen molar-refractivity contribution >= 4 is 27.8 Å². The summed E-state index contributed by atoms with van der Waals surface area (Å²) in [5.74, 6) is -0.324. The van der Waals surface area contributed by atoms with Gasteiger partial charge in [-0.15, -0.1) is 0 Å². The highest BCUT2D eigenvalue weighted by molar-refractivity contribution is 9.09. The molecule has 0 aromatic heterocycles. The molecule has 1 N–H and O–H groups in total. The number of nitrogens with one attached hydrogen (secondary N) is 1. The molecule has 0 rings (SSSR count). The van der Waals surface area contributed by atoms with Gasteiger partial charge in [0.1, 0.15) is 5.60 Å². The number of carbonyl (C=O) groups is 2. The number of alkyl halides is 1. The van der Waals surface area contributed by atoms with E-state index in [1.54, 1.807) is 0 Å². The van der Waals surface area contributed by atoms with E-state index in [9.17, 15) is 9.59 Å². The molecule has 0 spiro atoms. The summed E-state index contributed by atoms with van der Waals surface area (Å²) in [6, 6.07) is 0. The third-order valence-corrected chi connectivity index (χ3v) is 3.19. The van der Waals surface area contributed by atoms with Crippen LogP contribution in [0.5, 0.6) is 0 Å². The molecule has 0 fully saturated rings. The van der Waals surface area contributed by atoms with Crippen LogP contribution in [0, 0.1) is 0 Å². The Bertz CT molecular complexity index is 375. The molecule has 8 nitrogen and oxygen atoms in total. The van der Waals surface area contributed by atoms with Crippen molar-refractivity contribution in [3.05, 3.63) is 0 Å². The Morgan fingerprint density at radius 1 is 0.808 bits per heavy atom. The van der Waals surface area contributed by atoms with Gasteiger partial charge >= 0.3 is 5.97 Å². The number of amides is 1. The zero-order valence-corrected chi connectivity index (χ0v) is 17.6. The van der Waals surface area contributed by atoms with Gasteiger partial charge in [0.2, 0.25) is 5.91 Å². The second-order valence-electron chi connectivity index (χ2n) is 6.27. The van der Waals surface area contributed by atoms with E-state index in [4.69, 9.17) is 23.7 Å². The third kappa shape index (κ3) is 19.6. The van der Waals surface area contributed by atoms with Crippen molar-refractivity contribution in [3.8, 4) is 0 Å². The van der Waals surface area contributed by atoms with Gasteiger partial charge in [-0.25, -0.2) is 0 Å². The molecule has 0 aliphatic carbocycles. The zero-order chi connectivity index (χ0) is 19.7. The van der Waals surface area contributed by atoms with Crippen LogP contribution in [-0.2, 0) is 33.3 Å². The minimum absolute atomic E-state index is 0.0594. The molecule has 0 saturated heterocycles. The van der Waals surface area contributed by atoms with Gasteiger partial charge < -0.3 is 29.0 Å². The molecular weight excluding hydrogens is 410 g/mol. The Morgan fingerprint density at radius 2 is 1.27 bits per heavy atom. The first kappa shape index (κ1) is 25.3. The van der Waals surface area contributed by atoms with Crippen LogP contribution in [0.15, 0.2) is 0 Å². The maximum atomic E-state index is 11.4. The number of carbonyl (C=O) groups excluding carboxylic acids is 2. The van der Waals surface area contributed by atoms with E-state index >= 15 is 0 Å². The first-order valence-corrected chi connectivity index (χ1v) is 9.83. The van der Waals surface area contributed by atoms with Crippen molar-refractivity contribution in [1.29, 1.82) is 0 Å². The molecule has 0 aromatic rings. The molecule has 0 aromatic carbocycles. The van der Waals surface area contributed by atoms with Crippen molar-refractivity contribution in [2.24, 2.45) is 0 Å². The number of hydrogen-bond donors (Lipinski definition) is 1. The summed E-state index contributed by atoms with van der Waals surface area (Å²) in [7, 11) is 0. The standard InChI is InChI=1S/C17H32BrNO7/c1-17(2,3)26-16(21)4-6-22-8-10-24-12-13-25-11-9-23-7-5-19-15(20)14-18/h4-14H2,1-3H3,(H,19,20). The Kier molecular flexibility index (Phi) is 16.0. The number of ether oxygens (including phenoxy) is 5. The molecule has 0 saturated carbocycles. The first-order chi connectivity index (χ1) is 12.3. The van der Waals surface area contributed by atoms with Crippen LogP contribution in [0.3, 0.4) is 0 Å². The zero-order valence-electron chi connectivity index (χ0n) is 16.0. The maximum Gasteiger partial charge on any atom is 0.308 e. The summed E-state index contributed by atoms with van der Waals surface area (Å²) in [6.07, 6.45) is 0.236. The van der Waals surface area contributed by atoms with Crippen molar-refractivity contribution in [2.75, 3.05) is 64.7 Å². The highest BCUT2D eigenvalue weighted by atomic mass is 79.9. The average molecular weight is 442 g/mol. The van der Waals surface area contributed by atoms with Crippen LogP contribution in [0.2, 0.25) is 0 Å². The minimum atomic E-state index is -0.464. The van der Waals surface area contributed by atoms with Gasteiger partial charge in [-0.05, 0) is 20.8 Å². The minimum Gasteiger partial charge on any atom is -0.460 e. The summed E-state index contributed by atoms with van der Waals surface area (Å²) < 4.78 is 26.5. The van der Waals surface area contributed by atoms with Crippen LogP contribution in [0.25, 0.3) is 0 Å². The Balaban J connectivity index is 3.18. The first-order valence-electron chi connectivity index (χ1n) is 8.70. The van der Waals surface area contributed by atoms with Gasteiger partial charge in [-0.3, -0.25) is 9.59 Å². The highest BCUT2D eigenvalue weighted by Gasteiger charge is 2.15. The van der Waals surface area contributed by atoms with Crippen LogP contribution in [0.4, 0.5) is 0 Å². The van der Waals surface area contributed by atoms with E-state index in [2.05, 4.69) is 21.2 Å². The fourth-order valence-corrected chi connectivity index (χ4v) is 1.82. The van der Waals surface area contributed by atoms with Crippen molar-refractivity contribution in [2.45, 2.75) is 32.8 Å². The van der Waals surface area contributed by atoms with Gasteiger partial charge in [0.05, 0.1) is 64.6 Å². The maximum absolute atomic E-state index is 11.4. The Labute approximate surface area is 164 Å². The van der Waals surface area contributed by atoms with Crippen LogP contribution in [0.1, 0.15) is 27.2 Å². The molecule has 1 amide bonds. The van der Waals surface area contributed by atoms with E-state index in [1.165, 1.54) is 0 Å². The average Bonchev–Trinajstić information content (AvgIpc) is 2.56. The second kappa shape index (κ2) is 16.4. The summed E-state index contributed by atoms with van der Waals surface area (Å²) in [4.78, 5) is 22.4. The van der Waals surface area contributed by atoms with Gasteiger partial charge in [0.25, 0.3) is 0 Å². The van der Waals surface area contributed by atoms with Crippen molar-refractivity contribution in [1.82, 2.24) is 5.32 Å². The number of hydrogen-bond acceptors (Lipinski definition) is 7. The molecular formula is C17H32BrNO7. The van der Waals surface area contributed by atoms with E-state index in [0.717, 1.165) is 0 Å². The fourth-order valence-electron chi connectivity index (χ4n) is 1.62. The molecule has 0 aliphatic rings.